The maximum absolute atomic E-state index is 12.5. The Morgan fingerprint density at radius 3 is 2.31 bits per heavy atom. The van der Waals surface area contributed by atoms with Gasteiger partial charge in [-0.1, -0.05) is 12.1 Å². The molecule has 1 aromatic carbocycles. The van der Waals surface area contributed by atoms with Crippen LogP contribution in [0.15, 0.2) is 24.3 Å². The van der Waals surface area contributed by atoms with Gasteiger partial charge in [-0.15, -0.1) is 0 Å². The van der Waals surface area contributed by atoms with Gasteiger partial charge < -0.3 is 31.9 Å². The zero-order valence-corrected chi connectivity index (χ0v) is 16.8. The number of carbonyl (C=O) groups is 4. The van der Waals surface area contributed by atoms with E-state index in [0.29, 0.717) is 17.7 Å². The highest BCUT2D eigenvalue weighted by atomic mass is 32.2. The summed E-state index contributed by atoms with van der Waals surface area (Å²) in [5, 5.41) is 25.0. The van der Waals surface area contributed by atoms with Crippen LogP contribution in [-0.4, -0.2) is 71.1 Å². The van der Waals surface area contributed by atoms with Crippen molar-refractivity contribution in [3.63, 3.8) is 0 Å². The van der Waals surface area contributed by atoms with Crippen LogP contribution in [0, 0.1) is 0 Å². The predicted molar refractivity (Wildman–Crippen MR) is 108 cm³/mol. The van der Waals surface area contributed by atoms with Gasteiger partial charge in [-0.3, -0.25) is 19.2 Å². The predicted octanol–water partition coefficient (Wildman–Crippen LogP) is -1.18. The Morgan fingerprint density at radius 2 is 1.72 bits per heavy atom. The summed E-state index contributed by atoms with van der Waals surface area (Å²) in [7, 11) is 0. The molecule has 2 unspecified atom stereocenters. The quantitative estimate of drug-likeness (QED) is 0.242. The molecule has 0 bridgehead atoms. The number of nitrogens with two attached hydrogens (primary N) is 1. The van der Waals surface area contributed by atoms with Crippen molar-refractivity contribution < 1.29 is 29.4 Å². The number of aromatic hydroxyl groups is 1. The fourth-order valence-electron chi connectivity index (χ4n) is 2.26. The van der Waals surface area contributed by atoms with Crippen molar-refractivity contribution in [3.8, 4) is 5.75 Å². The molecule has 0 spiro atoms. The fourth-order valence-corrected chi connectivity index (χ4v) is 2.75. The van der Waals surface area contributed by atoms with Crippen molar-refractivity contribution in [2.24, 2.45) is 5.73 Å². The van der Waals surface area contributed by atoms with E-state index in [9.17, 15) is 24.3 Å². The van der Waals surface area contributed by atoms with Gasteiger partial charge in [0, 0.05) is 6.42 Å². The average Bonchev–Trinajstić information content (AvgIpc) is 2.69. The molecule has 3 amide bonds. The van der Waals surface area contributed by atoms with E-state index < -0.39 is 48.9 Å². The lowest BCUT2D eigenvalue weighted by Gasteiger charge is -2.21. The summed E-state index contributed by atoms with van der Waals surface area (Å²) in [5.74, 6) is -2.24. The monoisotopic (exact) mass is 426 g/mol. The van der Waals surface area contributed by atoms with Crippen molar-refractivity contribution >= 4 is 35.5 Å². The minimum Gasteiger partial charge on any atom is -0.508 e. The van der Waals surface area contributed by atoms with Gasteiger partial charge in [-0.25, -0.2) is 0 Å². The van der Waals surface area contributed by atoms with Gasteiger partial charge >= 0.3 is 5.97 Å². The van der Waals surface area contributed by atoms with Crippen molar-refractivity contribution in [1.82, 2.24) is 16.0 Å². The number of nitrogens with one attached hydrogen (secondary N) is 3. The molecule has 29 heavy (non-hydrogen) atoms. The molecular formula is C18H26N4O6S. The van der Waals surface area contributed by atoms with Crippen LogP contribution in [-0.2, 0) is 25.6 Å². The van der Waals surface area contributed by atoms with Crippen LogP contribution in [0.5, 0.6) is 5.75 Å². The zero-order valence-electron chi connectivity index (χ0n) is 16.0. The maximum atomic E-state index is 12.5. The highest BCUT2D eigenvalue weighted by Gasteiger charge is 2.24. The van der Waals surface area contributed by atoms with E-state index in [1.165, 1.54) is 12.1 Å². The first kappa shape index (κ1) is 24.2. The van der Waals surface area contributed by atoms with Gasteiger partial charge in [0.25, 0.3) is 0 Å². The molecule has 11 heteroatoms. The Bertz CT molecular complexity index is 713. The third-order valence-corrected chi connectivity index (χ3v) is 4.48. The topological polar surface area (TPSA) is 171 Å². The van der Waals surface area contributed by atoms with Crippen LogP contribution >= 0.6 is 11.8 Å². The van der Waals surface area contributed by atoms with Gasteiger partial charge in [0.15, 0.2) is 0 Å². The molecule has 0 aliphatic rings. The zero-order chi connectivity index (χ0) is 21.8. The van der Waals surface area contributed by atoms with E-state index in [4.69, 9.17) is 10.8 Å². The van der Waals surface area contributed by atoms with Crippen LogP contribution in [0.2, 0.25) is 0 Å². The number of hydrogen-bond donors (Lipinski definition) is 6. The van der Waals surface area contributed by atoms with Crippen molar-refractivity contribution in [2.75, 3.05) is 25.1 Å². The third-order valence-electron chi connectivity index (χ3n) is 3.84. The molecule has 0 aromatic heterocycles. The van der Waals surface area contributed by atoms with Gasteiger partial charge in [-0.2, -0.15) is 11.8 Å². The number of phenolic OH excluding ortho intramolecular Hbond substituents is 1. The smallest absolute Gasteiger partial charge is 0.322 e. The first-order chi connectivity index (χ1) is 13.7. The molecule has 0 saturated carbocycles. The van der Waals surface area contributed by atoms with Gasteiger partial charge in [0.2, 0.25) is 17.7 Å². The summed E-state index contributed by atoms with van der Waals surface area (Å²) < 4.78 is 0. The van der Waals surface area contributed by atoms with Gasteiger partial charge in [0.05, 0.1) is 12.6 Å². The number of amides is 3. The minimum atomic E-state index is -1.21. The number of aliphatic carboxylic acids is 1. The third kappa shape index (κ3) is 9.81. The Kier molecular flexibility index (Phi) is 10.6. The average molecular weight is 426 g/mol. The molecule has 160 valence electrons. The second kappa shape index (κ2) is 12.6. The summed E-state index contributed by atoms with van der Waals surface area (Å²) in [5.41, 5.74) is 6.52. The Morgan fingerprint density at radius 1 is 1.07 bits per heavy atom. The highest BCUT2D eigenvalue weighted by molar-refractivity contribution is 7.98. The maximum Gasteiger partial charge on any atom is 0.322 e. The number of benzene rings is 1. The van der Waals surface area contributed by atoms with Crippen LogP contribution in [0.1, 0.15) is 12.0 Å². The standard InChI is InChI=1S/C18H26N4O6S/c1-29-7-6-13(19)17(27)22-14(8-11-2-4-12(23)5-3-11)18(28)21-9-15(24)20-10-16(25)26/h2-5,13-14,23H,6-10,19H2,1H3,(H,20,24)(H,21,28)(H,22,27)(H,25,26). The number of hydrogen-bond acceptors (Lipinski definition) is 7. The van der Waals surface area contributed by atoms with Crippen molar-refractivity contribution in [2.45, 2.75) is 24.9 Å². The summed E-state index contributed by atoms with van der Waals surface area (Å²) in [6.45, 7) is -1.00. The fraction of sp³-hybridized carbons (Fsp3) is 0.444. The number of rotatable bonds is 12. The van der Waals surface area contributed by atoms with E-state index in [1.807, 2.05) is 6.26 Å². The molecular weight excluding hydrogens is 400 g/mol. The molecule has 0 fully saturated rings. The highest BCUT2D eigenvalue weighted by Crippen LogP contribution is 2.11. The minimum absolute atomic E-state index is 0.0629. The van der Waals surface area contributed by atoms with E-state index in [-0.39, 0.29) is 12.2 Å². The molecule has 1 rings (SSSR count). The summed E-state index contributed by atoms with van der Waals surface area (Å²) >= 11 is 1.55. The Hall–Kier alpha value is -2.79. The molecule has 0 heterocycles. The SMILES string of the molecule is CSCCC(N)C(=O)NC(Cc1ccc(O)cc1)C(=O)NCC(=O)NCC(=O)O. The lowest BCUT2D eigenvalue weighted by atomic mass is 10.0. The van der Waals surface area contributed by atoms with Crippen LogP contribution < -0.4 is 21.7 Å². The first-order valence-corrected chi connectivity index (χ1v) is 10.2. The Labute approximate surface area is 172 Å². The summed E-state index contributed by atoms with van der Waals surface area (Å²) in [6, 6.07) is 4.34. The number of carbonyl (C=O) groups excluding carboxylic acids is 3. The van der Waals surface area contributed by atoms with Crippen molar-refractivity contribution in [3.05, 3.63) is 29.8 Å². The normalized spacial score (nSPS) is 12.5. The molecule has 2 atom stereocenters. The molecule has 0 saturated heterocycles. The number of phenols is 1. The molecule has 7 N–H and O–H groups in total. The molecule has 0 aliphatic carbocycles. The van der Waals surface area contributed by atoms with Crippen LogP contribution in [0.4, 0.5) is 0 Å². The van der Waals surface area contributed by atoms with E-state index >= 15 is 0 Å². The molecule has 0 radical (unpaired) electrons. The van der Waals surface area contributed by atoms with Gasteiger partial charge in [0.1, 0.15) is 18.3 Å². The molecule has 0 aliphatic heterocycles. The lowest BCUT2D eigenvalue weighted by molar-refractivity contribution is -0.138. The van der Waals surface area contributed by atoms with Gasteiger partial charge in [-0.05, 0) is 36.1 Å². The second-order valence-corrected chi connectivity index (χ2v) is 7.19. The summed E-state index contributed by atoms with van der Waals surface area (Å²) in [4.78, 5) is 46.9. The van der Waals surface area contributed by atoms with Crippen LogP contribution in [0.3, 0.4) is 0 Å². The first-order valence-electron chi connectivity index (χ1n) is 8.82. The lowest BCUT2D eigenvalue weighted by Crippen LogP contribution is -2.53. The largest absolute Gasteiger partial charge is 0.508 e. The van der Waals surface area contributed by atoms with E-state index in [0.717, 1.165) is 0 Å². The van der Waals surface area contributed by atoms with E-state index in [2.05, 4.69) is 16.0 Å². The number of thioether (sulfide) groups is 1. The second-order valence-electron chi connectivity index (χ2n) is 6.21. The molecule has 10 nitrogen and oxygen atoms in total. The Balaban J connectivity index is 2.75. The summed E-state index contributed by atoms with van der Waals surface area (Å²) in [6.07, 6.45) is 2.45. The number of carboxylic acids is 1. The van der Waals surface area contributed by atoms with Crippen LogP contribution in [0.25, 0.3) is 0 Å². The number of carboxylic acid groups (broad SMARTS) is 1. The van der Waals surface area contributed by atoms with E-state index in [1.54, 1.807) is 23.9 Å². The van der Waals surface area contributed by atoms with Crippen molar-refractivity contribution in [1.29, 1.82) is 0 Å². The molecule has 1 aromatic rings.